The zero-order valence-corrected chi connectivity index (χ0v) is 9.00. The fraction of sp³-hybridized carbons (Fsp3) is 0.500. The summed E-state index contributed by atoms with van der Waals surface area (Å²) in [6.07, 6.45) is 0.488. The van der Waals surface area contributed by atoms with Gasteiger partial charge < -0.3 is 5.11 Å². The van der Waals surface area contributed by atoms with Gasteiger partial charge in [-0.1, -0.05) is 6.92 Å². The van der Waals surface area contributed by atoms with Crippen LogP contribution < -0.4 is 0 Å². The van der Waals surface area contributed by atoms with Crippen molar-refractivity contribution in [3.63, 3.8) is 0 Å². The van der Waals surface area contributed by atoms with Crippen molar-refractivity contribution in [1.82, 2.24) is 0 Å². The predicted octanol–water partition coefficient (Wildman–Crippen LogP) is 3.26. The molecular formula is C8H11BrOS. The van der Waals surface area contributed by atoms with E-state index in [1.165, 1.54) is 4.88 Å². The smallest absolute Gasteiger partial charge is 0.0798 e. The maximum atomic E-state index is 9.51. The lowest BCUT2D eigenvalue weighted by Crippen LogP contribution is -1.93. The molecule has 1 heterocycles. The highest BCUT2D eigenvalue weighted by Crippen LogP contribution is 2.31. The number of aliphatic hydroxyl groups excluding tert-OH is 1. The van der Waals surface area contributed by atoms with Crippen LogP contribution in [-0.2, 0) is 0 Å². The van der Waals surface area contributed by atoms with Gasteiger partial charge in [-0.15, -0.1) is 11.3 Å². The predicted molar refractivity (Wildman–Crippen MR) is 52.0 cm³/mol. The first-order chi connectivity index (χ1) is 5.15. The van der Waals surface area contributed by atoms with E-state index in [-0.39, 0.29) is 6.10 Å². The van der Waals surface area contributed by atoms with Crippen LogP contribution in [0.2, 0.25) is 0 Å². The van der Waals surface area contributed by atoms with Gasteiger partial charge in [0.05, 0.1) is 9.89 Å². The Bertz CT molecular complexity index is 244. The number of hydrogen-bond acceptors (Lipinski definition) is 2. The lowest BCUT2D eigenvalue weighted by molar-refractivity contribution is 0.173. The molecule has 0 fully saturated rings. The Balaban J connectivity index is 2.93. The molecule has 0 saturated heterocycles. The zero-order valence-electron chi connectivity index (χ0n) is 6.60. The number of aliphatic hydroxyl groups is 1. The SMILES string of the molecule is CC[C@H](O)c1cc(Br)sc1C. The standard InChI is InChI=1S/C8H11BrOS/c1-3-7(10)6-4-8(9)11-5(6)2/h4,7,10H,3H2,1-2H3/t7-/m0/s1. The summed E-state index contributed by atoms with van der Waals surface area (Å²) in [6.45, 7) is 4.01. The summed E-state index contributed by atoms with van der Waals surface area (Å²) in [4.78, 5) is 1.20. The van der Waals surface area contributed by atoms with Crippen LogP contribution in [0.25, 0.3) is 0 Å². The largest absolute Gasteiger partial charge is 0.388 e. The fourth-order valence-corrected chi connectivity index (χ4v) is 2.78. The normalized spacial score (nSPS) is 13.5. The summed E-state index contributed by atoms with van der Waals surface area (Å²) in [7, 11) is 0. The maximum absolute atomic E-state index is 9.51. The quantitative estimate of drug-likeness (QED) is 0.834. The second-order valence-electron chi connectivity index (χ2n) is 2.49. The van der Waals surface area contributed by atoms with E-state index in [1.54, 1.807) is 11.3 Å². The summed E-state index contributed by atoms with van der Waals surface area (Å²) >= 11 is 5.06. The molecule has 1 atom stereocenters. The molecule has 3 heteroatoms. The van der Waals surface area contributed by atoms with Crippen molar-refractivity contribution in [2.24, 2.45) is 0 Å². The molecule has 0 aliphatic carbocycles. The van der Waals surface area contributed by atoms with E-state index in [4.69, 9.17) is 0 Å². The van der Waals surface area contributed by atoms with Gasteiger partial charge in [-0.25, -0.2) is 0 Å². The van der Waals surface area contributed by atoms with Crippen molar-refractivity contribution in [3.05, 3.63) is 20.3 Å². The molecule has 1 aromatic heterocycles. The third-order valence-electron chi connectivity index (χ3n) is 1.67. The van der Waals surface area contributed by atoms with E-state index in [0.29, 0.717) is 0 Å². The van der Waals surface area contributed by atoms with Gasteiger partial charge in [0.1, 0.15) is 0 Å². The lowest BCUT2D eigenvalue weighted by atomic mass is 10.1. The Morgan fingerprint density at radius 1 is 1.73 bits per heavy atom. The van der Waals surface area contributed by atoms with Gasteiger partial charge >= 0.3 is 0 Å². The van der Waals surface area contributed by atoms with Gasteiger partial charge in [0.15, 0.2) is 0 Å². The molecule has 0 unspecified atom stereocenters. The molecule has 11 heavy (non-hydrogen) atoms. The van der Waals surface area contributed by atoms with Crippen molar-refractivity contribution in [2.45, 2.75) is 26.4 Å². The van der Waals surface area contributed by atoms with Gasteiger partial charge in [0.2, 0.25) is 0 Å². The van der Waals surface area contributed by atoms with Crippen LogP contribution in [0, 0.1) is 6.92 Å². The molecule has 0 amide bonds. The first-order valence-electron chi connectivity index (χ1n) is 3.59. The highest BCUT2D eigenvalue weighted by Gasteiger charge is 2.10. The first-order valence-corrected chi connectivity index (χ1v) is 5.20. The Kier molecular flexibility index (Phi) is 3.10. The number of halogens is 1. The minimum absolute atomic E-state index is 0.294. The molecule has 62 valence electrons. The van der Waals surface area contributed by atoms with Crippen LogP contribution in [-0.4, -0.2) is 5.11 Å². The van der Waals surface area contributed by atoms with Crippen molar-refractivity contribution in [1.29, 1.82) is 0 Å². The Morgan fingerprint density at radius 3 is 2.73 bits per heavy atom. The molecule has 0 aliphatic rings. The van der Waals surface area contributed by atoms with E-state index in [2.05, 4.69) is 15.9 Å². The highest BCUT2D eigenvalue weighted by molar-refractivity contribution is 9.11. The number of thiophene rings is 1. The second kappa shape index (κ2) is 3.70. The van der Waals surface area contributed by atoms with Crippen LogP contribution in [0.15, 0.2) is 9.85 Å². The lowest BCUT2D eigenvalue weighted by Gasteiger charge is -2.05. The van der Waals surface area contributed by atoms with Gasteiger partial charge in [-0.3, -0.25) is 0 Å². The summed E-state index contributed by atoms with van der Waals surface area (Å²) in [6, 6.07) is 1.99. The van der Waals surface area contributed by atoms with E-state index in [1.807, 2.05) is 19.9 Å². The Hall–Kier alpha value is 0.140. The molecule has 0 spiro atoms. The molecule has 0 aliphatic heterocycles. The molecule has 1 N–H and O–H groups in total. The first kappa shape index (κ1) is 9.23. The zero-order chi connectivity index (χ0) is 8.43. The third-order valence-corrected chi connectivity index (χ3v) is 3.24. The second-order valence-corrected chi connectivity index (χ2v) is 5.12. The Morgan fingerprint density at radius 2 is 2.36 bits per heavy atom. The summed E-state index contributed by atoms with van der Waals surface area (Å²) < 4.78 is 1.09. The molecule has 0 saturated carbocycles. The van der Waals surface area contributed by atoms with Gasteiger partial charge in [-0.2, -0.15) is 0 Å². The van der Waals surface area contributed by atoms with Gasteiger partial charge in [-0.05, 0) is 40.9 Å². The van der Waals surface area contributed by atoms with Gasteiger partial charge in [0.25, 0.3) is 0 Å². The number of hydrogen-bond donors (Lipinski definition) is 1. The van der Waals surface area contributed by atoms with Crippen molar-refractivity contribution < 1.29 is 5.11 Å². The number of rotatable bonds is 2. The molecule has 1 aromatic rings. The van der Waals surface area contributed by atoms with Crippen LogP contribution in [0.1, 0.15) is 29.9 Å². The van der Waals surface area contributed by atoms with E-state index >= 15 is 0 Å². The summed E-state index contributed by atoms with van der Waals surface area (Å²) in [5.41, 5.74) is 1.06. The molecule has 0 bridgehead atoms. The van der Waals surface area contributed by atoms with Crippen LogP contribution in [0.5, 0.6) is 0 Å². The average Bonchev–Trinajstić information content (AvgIpc) is 2.28. The minimum atomic E-state index is -0.294. The monoisotopic (exact) mass is 234 g/mol. The van der Waals surface area contributed by atoms with Crippen molar-refractivity contribution in [2.75, 3.05) is 0 Å². The highest BCUT2D eigenvalue weighted by atomic mass is 79.9. The maximum Gasteiger partial charge on any atom is 0.0798 e. The Labute approximate surface area is 79.2 Å². The average molecular weight is 235 g/mol. The fourth-order valence-electron chi connectivity index (χ4n) is 1.01. The third kappa shape index (κ3) is 2.04. The molecule has 1 nitrogen and oxygen atoms in total. The van der Waals surface area contributed by atoms with Crippen molar-refractivity contribution >= 4 is 27.3 Å². The minimum Gasteiger partial charge on any atom is -0.388 e. The van der Waals surface area contributed by atoms with Crippen LogP contribution in [0.4, 0.5) is 0 Å². The van der Waals surface area contributed by atoms with Gasteiger partial charge in [0, 0.05) is 4.88 Å². The molecule has 1 rings (SSSR count). The van der Waals surface area contributed by atoms with Crippen LogP contribution in [0.3, 0.4) is 0 Å². The molecule has 0 aromatic carbocycles. The van der Waals surface area contributed by atoms with E-state index in [9.17, 15) is 5.11 Å². The summed E-state index contributed by atoms with van der Waals surface area (Å²) in [5.74, 6) is 0. The topological polar surface area (TPSA) is 20.2 Å². The molecular weight excluding hydrogens is 224 g/mol. The number of aryl methyl sites for hydroxylation is 1. The van der Waals surface area contributed by atoms with E-state index < -0.39 is 0 Å². The van der Waals surface area contributed by atoms with Crippen LogP contribution >= 0.6 is 27.3 Å². The van der Waals surface area contributed by atoms with Crippen molar-refractivity contribution in [3.8, 4) is 0 Å². The molecule has 0 radical (unpaired) electrons. The van der Waals surface area contributed by atoms with E-state index in [0.717, 1.165) is 15.8 Å². The summed E-state index contributed by atoms with van der Waals surface area (Å²) in [5, 5.41) is 9.51.